The molecule has 0 spiro atoms. The second-order valence-electron chi connectivity index (χ2n) is 5.32. The summed E-state index contributed by atoms with van der Waals surface area (Å²) in [6.07, 6.45) is 2.66. The van der Waals surface area contributed by atoms with Crippen LogP contribution < -0.4 is 5.43 Å². The number of nitrogens with zero attached hydrogens (tertiary/aromatic N) is 1. The molecule has 2 aromatic carbocycles. The van der Waals surface area contributed by atoms with Crippen molar-refractivity contribution in [1.82, 2.24) is 4.98 Å². The number of carbonyl (C=O) groups excluding carboxylic acids is 1. The minimum atomic E-state index is -1.13. The summed E-state index contributed by atoms with van der Waals surface area (Å²) < 4.78 is 10.7. The molecule has 7 nitrogen and oxygen atoms in total. The Morgan fingerprint density at radius 2 is 1.76 bits per heavy atom. The Balaban J connectivity index is 1.93. The number of carbonyl (C=O) groups is 2. The third kappa shape index (κ3) is 2.38. The molecular formula is C18H9NO6. The molecule has 0 unspecified atom stereocenters. The van der Waals surface area contributed by atoms with E-state index in [2.05, 4.69) is 4.98 Å². The van der Waals surface area contributed by atoms with Gasteiger partial charge in [-0.2, -0.15) is 0 Å². The predicted molar refractivity (Wildman–Crippen MR) is 86.9 cm³/mol. The molecule has 0 aliphatic carbocycles. The molecule has 0 amide bonds. The van der Waals surface area contributed by atoms with Crippen LogP contribution in [0.3, 0.4) is 0 Å². The van der Waals surface area contributed by atoms with E-state index < -0.39 is 11.8 Å². The lowest BCUT2D eigenvalue weighted by molar-refractivity contribution is 0.0697. The first-order valence-electron chi connectivity index (χ1n) is 7.23. The van der Waals surface area contributed by atoms with Gasteiger partial charge in [0.2, 0.25) is 11.2 Å². The Labute approximate surface area is 139 Å². The van der Waals surface area contributed by atoms with Gasteiger partial charge in [-0.1, -0.05) is 0 Å². The van der Waals surface area contributed by atoms with E-state index in [0.29, 0.717) is 0 Å². The topological polar surface area (TPSA) is 111 Å². The molecule has 4 aromatic rings. The molecule has 2 aromatic heterocycles. The Kier molecular flexibility index (Phi) is 3.21. The van der Waals surface area contributed by atoms with Crippen LogP contribution in [0.25, 0.3) is 21.9 Å². The molecule has 0 radical (unpaired) electrons. The van der Waals surface area contributed by atoms with Crippen LogP contribution in [-0.4, -0.2) is 21.8 Å². The standard InChI is InChI=1S/C18H9NO6/c20-15(17-19-5-6-24-17)9-1-3-11-14(8-9)25-13-4-2-10(18(22)23)7-12(13)16(11)21/h1-8H,(H,22,23). The Bertz CT molecular complexity index is 1200. The van der Waals surface area contributed by atoms with E-state index >= 15 is 0 Å². The van der Waals surface area contributed by atoms with Crippen molar-refractivity contribution in [3.8, 4) is 0 Å². The fourth-order valence-corrected chi connectivity index (χ4v) is 2.59. The summed E-state index contributed by atoms with van der Waals surface area (Å²) in [6.45, 7) is 0. The zero-order valence-electron chi connectivity index (χ0n) is 12.6. The Morgan fingerprint density at radius 3 is 2.48 bits per heavy atom. The van der Waals surface area contributed by atoms with Crippen LogP contribution in [0, 0.1) is 0 Å². The van der Waals surface area contributed by atoms with Crippen LogP contribution in [0.2, 0.25) is 0 Å². The quantitative estimate of drug-likeness (QED) is 0.452. The van der Waals surface area contributed by atoms with Crippen LogP contribution in [0.15, 0.2) is 62.5 Å². The fraction of sp³-hybridized carbons (Fsp3) is 0. The largest absolute Gasteiger partial charge is 0.478 e. The van der Waals surface area contributed by atoms with Crippen molar-refractivity contribution in [1.29, 1.82) is 0 Å². The molecule has 7 heteroatoms. The van der Waals surface area contributed by atoms with E-state index in [1.165, 1.54) is 48.9 Å². The van der Waals surface area contributed by atoms with Crippen molar-refractivity contribution in [2.24, 2.45) is 0 Å². The number of fused-ring (bicyclic) bond motifs is 2. The van der Waals surface area contributed by atoms with Gasteiger partial charge in [-0.05, 0) is 36.4 Å². The van der Waals surface area contributed by atoms with Crippen LogP contribution in [0.1, 0.15) is 26.6 Å². The van der Waals surface area contributed by atoms with E-state index in [1.54, 1.807) is 0 Å². The van der Waals surface area contributed by atoms with Crippen LogP contribution in [-0.2, 0) is 0 Å². The van der Waals surface area contributed by atoms with E-state index in [4.69, 9.17) is 13.9 Å². The molecule has 0 atom stereocenters. The van der Waals surface area contributed by atoms with Gasteiger partial charge < -0.3 is 13.9 Å². The lowest BCUT2D eigenvalue weighted by Gasteiger charge is -2.04. The maximum Gasteiger partial charge on any atom is 0.335 e. The molecule has 1 N–H and O–H groups in total. The molecule has 0 fully saturated rings. The summed E-state index contributed by atoms with van der Waals surface area (Å²) in [5.74, 6) is -1.63. The maximum atomic E-state index is 12.6. The number of hydrogen-bond acceptors (Lipinski definition) is 6. The first-order valence-corrected chi connectivity index (χ1v) is 7.23. The highest BCUT2D eigenvalue weighted by Gasteiger charge is 2.16. The second-order valence-corrected chi connectivity index (χ2v) is 5.32. The number of oxazole rings is 1. The first-order chi connectivity index (χ1) is 12.0. The summed E-state index contributed by atoms with van der Waals surface area (Å²) in [5.41, 5.74) is 0.352. The normalized spacial score (nSPS) is 11.0. The molecule has 0 aliphatic heterocycles. The number of aromatic nitrogens is 1. The van der Waals surface area contributed by atoms with Crippen molar-refractivity contribution in [3.63, 3.8) is 0 Å². The monoisotopic (exact) mass is 335 g/mol. The number of aromatic carboxylic acids is 1. The second kappa shape index (κ2) is 5.41. The molecule has 122 valence electrons. The van der Waals surface area contributed by atoms with Crippen molar-refractivity contribution in [3.05, 3.63) is 76.1 Å². The van der Waals surface area contributed by atoms with E-state index in [1.807, 2.05) is 0 Å². The van der Waals surface area contributed by atoms with Gasteiger partial charge in [0.15, 0.2) is 0 Å². The minimum Gasteiger partial charge on any atom is -0.478 e. The molecular weight excluding hydrogens is 326 g/mol. The lowest BCUT2D eigenvalue weighted by atomic mass is 10.1. The van der Waals surface area contributed by atoms with Crippen molar-refractivity contribution < 1.29 is 23.5 Å². The zero-order chi connectivity index (χ0) is 17.6. The van der Waals surface area contributed by atoms with Gasteiger partial charge in [0.25, 0.3) is 5.89 Å². The van der Waals surface area contributed by atoms with Crippen molar-refractivity contribution in [2.45, 2.75) is 0 Å². The SMILES string of the molecule is O=C(O)c1ccc2oc3cc(C(=O)c4ncco4)ccc3c(=O)c2c1. The highest BCUT2D eigenvalue weighted by Crippen LogP contribution is 2.22. The highest BCUT2D eigenvalue weighted by atomic mass is 16.4. The van der Waals surface area contributed by atoms with Gasteiger partial charge in [-0.3, -0.25) is 9.59 Å². The van der Waals surface area contributed by atoms with E-state index in [0.717, 1.165) is 0 Å². The highest BCUT2D eigenvalue weighted by molar-refractivity contribution is 6.08. The fourth-order valence-electron chi connectivity index (χ4n) is 2.59. The average Bonchev–Trinajstić information content (AvgIpc) is 3.15. The Hall–Kier alpha value is -3.74. The maximum absolute atomic E-state index is 12.6. The van der Waals surface area contributed by atoms with Crippen LogP contribution in [0.5, 0.6) is 0 Å². The third-order valence-electron chi connectivity index (χ3n) is 3.81. The number of rotatable bonds is 3. The molecule has 25 heavy (non-hydrogen) atoms. The molecule has 0 saturated heterocycles. The van der Waals surface area contributed by atoms with Crippen LogP contribution >= 0.6 is 0 Å². The molecule has 0 saturated carbocycles. The number of ketones is 1. The van der Waals surface area contributed by atoms with Gasteiger partial charge in [-0.25, -0.2) is 9.78 Å². The van der Waals surface area contributed by atoms with Gasteiger partial charge in [0.05, 0.1) is 22.5 Å². The molecule has 0 bridgehead atoms. The summed E-state index contributed by atoms with van der Waals surface area (Å²) in [4.78, 5) is 39.8. The first kappa shape index (κ1) is 14.8. The number of carboxylic acid groups (broad SMARTS) is 1. The van der Waals surface area contributed by atoms with Crippen molar-refractivity contribution >= 4 is 33.7 Å². The van der Waals surface area contributed by atoms with Gasteiger partial charge >= 0.3 is 5.97 Å². The third-order valence-corrected chi connectivity index (χ3v) is 3.81. The molecule has 2 heterocycles. The van der Waals surface area contributed by atoms with Crippen molar-refractivity contribution in [2.75, 3.05) is 0 Å². The smallest absolute Gasteiger partial charge is 0.335 e. The lowest BCUT2D eigenvalue weighted by Crippen LogP contribution is -2.06. The average molecular weight is 335 g/mol. The Morgan fingerprint density at radius 1 is 0.960 bits per heavy atom. The van der Waals surface area contributed by atoms with Crippen LogP contribution in [0.4, 0.5) is 0 Å². The number of benzene rings is 2. The van der Waals surface area contributed by atoms with E-state index in [-0.39, 0.29) is 44.4 Å². The molecule has 0 aliphatic rings. The summed E-state index contributed by atoms with van der Waals surface area (Å²) in [5, 5.41) is 9.47. The summed E-state index contributed by atoms with van der Waals surface area (Å²) >= 11 is 0. The summed E-state index contributed by atoms with van der Waals surface area (Å²) in [6, 6.07) is 8.41. The number of carboxylic acids is 1. The van der Waals surface area contributed by atoms with Gasteiger partial charge in [-0.15, -0.1) is 0 Å². The van der Waals surface area contributed by atoms with E-state index in [9.17, 15) is 14.4 Å². The summed E-state index contributed by atoms with van der Waals surface area (Å²) in [7, 11) is 0. The zero-order valence-corrected chi connectivity index (χ0v) is 12.6. The number of hydrogen-bond donors (Lipinski definition) is 1. The molecule has 4 rings (SSSR count). The van der Waals surface area contributed by atoms with Gasteiger partial charge in [0.1, 0.15) is 17.4 Å². The van der Waals surface area contributed by atoms with Gasteiger partial charge in [0, 0.05) is 5.56 Å². The minimum absolute atomic E-state index is 0.00478. The predicted octanol–water partition coefficient (Wildman–Crippen LogP) is 2.86.